The zero-order chi connectivity index (χ0) is 15.6. The molecule has 0 aromatic heterocycles. The fraction of sp³-hybridized carbons (Fsp3) is 0.294. The van der Waals surface area contributed by atoms with E-state index in [1.807, 2.05) is 24.3 Å². The van der Waals surface area contributed by atoms with Crippen molar-refractivity contribution in [2.24, 2.45) is 5.41 Å². The summed E-state index contributed by atoms with van der Waals surface area (Å²) >= 11 is 0. The molecular weight excluding hydrogens is 268 g/mol. The SMILES string of the molecule is COc1ccc(C(=O)CC(C)(C)C(=O)O)c2ccccc12. The molecule has 4 nitrogen and oxygen atoms in total. The number of rotatable bonds is 5. The third-order valence-corrected chi connectivity index (χ3v) is 3.59. The van der Waals surface area contributed by atoms with Crippen LogP contribution in [0.2, 0.25) is 0 Å². The Kier molecular flexibility index (Phi) is 3.98. The number of aliphatic carboxylic acids is 1. The number of carboxylic acid groups (broad SMARTS) is 1. The highest BCUT2D eigenvalue weighted by molar-refractivity contribution is 6.10. The van der Waals surface area contributed by atoms with Gasteiger partial charge in [-0.15, -0.1) is 0 Å². The van der Waals surface area contributed by atoms with Crippen molar-refractivity contribution in [2.75, 3.05) is 7.11 Å². The van der Waals surface area contributed by atoms with Gasteiger partial charge in [0.2, 0.25) is 0 Å². The third kappa shape index (κ3) is 2.89. The van der Waals surface area contributed by atoms with E-state index in [1.54, 1.807) is 33.1 Å². The van der Waals surface area contributed by atoms with Gasteiger partial charge in [0.25, 0.3) is 0 Å². The molecule has 0 heterocycles. The molecule has 0 aliphatic carbocycles. The van der Waals surface area contributed by atoms with Gasteiger partial charge in [-0.25, -0.2) is 0 Å². The molecule has 110 valence electrons. The van der Waals surface area contributed by atoms with Crippen molar-refractivity contribution in [2.45, 2.75) is 20.3 Å². The summed E-state index contributed by atoms with van der Waals surface area (Å²) in [4.78, 5) is 23.7. The highest BCUT2D eigenvalue weighted by Crippen LogP contribution is 2.31. The van der Waals surface area contributed by atoms with Crippen LogP contribution >= 0.6 is 0 Å². The van der Waals surface area contributed by atoms with Gasteiger partial charge in [0, 0.05) is 17.4 Å². The van der Waals surface area contributed by atoms with E-state index in [-0.39, 0.29) is 12.2 Å². The number of carbonyl (C=O) groups excluding carboxylic acids is 1. The predicted molar refractivity (Wildman–Crippen MR) is 80.9 cm³/mol. The lowest BCUT2D eigenvalue weighted by molar-refractivity contribution is -0.146. The van der Waals surface area contributed by atoms with E-state index < -0.39 is 11.4 Å². The smallest absolute Gasteiger partial charge is 0.309 e. The summed E-state index contributed by atoms with van der Waals surface area (Å²) in [5.74, 6) is -0.463. The predicted octanol–water partition coefficient (Wildman–Crippen LogP) is 3.53. The highest BCUT2D eigenvalue weighted by Gasteiger charge is 2.31. The van der Waals surface area contributed by atoms with Gasteiger partial charge in [-0.2, -0.15) is 0 Å². The van der Waals surface area contributed by atoms with Gasteiger partial charge in [-0.3, -0.25) is 9.59 Å². The molecule has 0 saturated carbocycles. The van der Waals surface area contributed by atoms with Crippen LogP contribution in [0.1, 0.15) is 30.6 Å². The number of carboxylic acids is 1. The van der Waals surface area contributed by atoms with Crippen LogP contribution in [0.4, 0.5) is 0 Å². The quantitative estimate of drug-likeness (QED) is 0.854. The fourth-order valence-corrected chi connectivity index (χ4v) is 2.26. The Labute approximate surface area is 123 Å². The van der Waals surface area contributed by atoms with E-state index in [2.05, 4.69) is 0 Å². The standard InChI is InChI=1S/C17H18O4/c1-17(2,16(19)20)10-14(18)12-8-9-15(21-3)13-7-5-4-6-11(12)13/h4-9H,10H2,1-3H3,(H,19,20). The monoisotopic (exact) mass is 286 g/mol. The Hall–Kier alpha value is -2.36. The van der Waals surface area contributed by atoms with E-state index in [9.17, 15) is 9.59 Å². The maximum absolute atomic E-state index is 12.5. The largest absolute Gasteiger partial charge is 0.496 e. The molecule has 0 radical (unpaired) electrons. The van der Waals surface area contributed by atoms with Crippen LogP contribution in [-0.2, 0) is 4.79 Å². The molecule has 2 aromatic carbocycles. The third-order valence-electron chi connectivity index (χ3n) is 3.59. The Bertz CT molecular complexity index is 701. The number of fused-ring (bicyclic) bond motifs is 1. The molecule has 21 heavy (non-hydrogen) atoms. The van der Waals surface area contributed by atoms with Gasteiger partial charge in [0.05, 0.1) is 12.5 Å². The summed E-state index contributed by atoms with van der Waals surface area (Å²) in [6, 6.07) is 10.9. The first-order valence-corrected chi connectivity index (χ1v) is 6.69. The van der Waals surface area contributed by atoms with Gasteiger partial charge in [0.1, 0.15) is 5.75 Å². The number of methoxy groups -OCH3 is 1. The molecule has 0 amide bonds. The van der Waals surface area contributed by atoms with E-state index in [0.29, 0.717) is 11.3 Å². The fourth-order valence-electron chi connectivity index (χ4n) is 2.26. The van der Waals surface area contributed by atoms with Crippen molar-refractivity contribution in [3.63, 3.8) is 0 Å². The number of hydrogen-bond donors (Lipinski definition) is 1. The maximum Gasteiger partial charge on any atom is 0.309 e. The van der Waals surface area contributed by atoms with Crippen LogP contribution in [0, 0.1) is 5.41 Å². The molecule has 2 aromatic rings. The molecule has 4 heteroatoms. The molecule has 0 saturated heterocycles. The molecule has 0 bridgehead atoms. The number of ether oxygens (including phenoxy) is 1. The average Bonchev–Trinajstić information content (AvgIpc) is 2.45. The summed E-state index contributed by atoms with van der Waals surface area (Å²) in [7, 11) is 1.58. The van der Waals surface area contributed by atoms with Crippen LogP contribution in [-0.4, -0.2) is 24.0 Å². The molecular formula is C17H18O4. The summed E-state index contributed by atoms with van der Waals surface area (Å²) < 4.78 is 5.30. The lowest BCUT2D eigenvalue weighted by Crippen LogP contribution is -2.27. The van der Waals surface area contributed by atoms with Crippen molar-refractivity contribution in [3.05, 3.63) is 42.0 Å². The first kappa shape index (κ1) is 15.0. The number of Topliss-reactive ketones (excluding diaryl/α,β-unsaturated/α-hetero) is 1. The topological polar surface area (TPSA) is 63.6 Å². The Balaban J connectivity index is 2.48. The first-order valence-electron chi connectivity index (χ1n) is 6.69. The second-order valence-corrected chi connectivity index (χ2v) is 5.65. The van der Waals surface area contributed by atoms with Crippen molar-refractivity contribution in [3.8, 4) is 5.75 Å². The molecule has 2 rings (SSSR count). The normalized spacial score (nSPS) is 11.4. The molecule has 1 N–H and O–H groups in total. The molecule has 0 unspecified atom stereocenters. The second-order valence-electron chi connectivity index (χ2n) is 5.65. The Morgan fingerprint density at radius 1 is 1.10 bits per heavy atom. The average molecular weight is 286 g/mol. The summed E-state index contributed by atoms with van der Waals surface area (Å²) in [6.07, 6.45) is -0.0430. The minimum Gasteiger partial charge on any atom is -0.496 e. The van der Waals surface area contributed by atoms with Crippen LogP contribution in [0.25, 0.3) is 10.8 Å². The van der Waals surface area contributed by atoms with Gasteiger partial charge < -0.3 is 9.84 Å². The Morgan fingerprint density at radius 3 is 2.29 bits per heavy atom. The molecule has 0 aliphatic heterocycles. The van der Waals surface area contributed by atoms with Crippen molar-refractivity contribution in [1.29, 1.82) is 0 Å². The lowest BCUT2D eigenvalue weighted by Gasteiger charge is -2.18. The molecule has 0 fully saturated rings. The van der Waals surface area contributed by atoms with Crippen LogP contribution in [0.3, 0.4) is 0 Å². The molecule has 0 aliphatic rings. The first-order chi connectivity index (χ1) is 9.86. The van der Waals surface area contributed by atoms with E-state index in [4.69, 9.17) is 9.84 Å². The summed E-state index contributed by atoms with van der Waals surface area (Å²) in [5, 5.41) is 10.8. The van der Waals surface area contributed by atoms with E-state index in [1.165, 1.54) is 0 Å². The van der Waals surface area contributed by atoms with Gasteiger partial charge >= 0.3 is 5.97 Å². The number of carbonyl (C=O) groups is 2. The summed E-state index contributed by atoms with van der Waals surface area (Å²) in [5.41, 5.74) is -0.557. The number of benzene rings is 2. The number of hydrogen-bond acceptors (Lipinski definition) is 3. The van der Waals surface area contributed by atoms with Crippen LogP contribution in [0.15, 0.2) is 36.4 Å². The lowest BCUT2D eigenvalue weighted by atomic mass is 9.84. The minimum absolute atomic E-state index is 0.0430. The van der Waals surface area contributed by atoms with Crippen LogP contribution in [0.5, 0.6) is 5.75 Å². The maximum atomic E-state index is 12.5. The molecule has 0 spiro atoms. The Morgan fingerprint density at radius 2 is 1.71 bits per heavy atom. The highest BCUT2D eigenvalue weighted by atomic mass is 16.5. The van der Waals surface area contributed by atoms with Crippen molar-refractivity contribution >= 4 is 22.5 Å². The van der Waals surface area contributed by atoms with E-state index in [0.717, 1.165) is 10.8 Å². The molecule has 0 atom stereocenters. The van der Waals surface area contributed by atoms with Gasteiger partial charge in [-0.1, -0.05) is 24.3 Å². The summed E-state index contributed by atoms with van der Waals surface area (Å²) in [6.45, 7) is 3.11. The van der Waals surface area contributed by atoms with Crippen molar-refractivity contribution < 1.29 is 19.4 Å². The minimum atomic E-state index is -1.09. The zero-order valence-electron chi connectivity index (χ0n) is 12.3. The zero-order valence-corrected chi connectivity index (χ0v) is 12.3. The van der Waals surface area contributed by atoms with Crippen LogP contribution < -0.4 is 4.74 Å². The van der Waals surface area contributed by atoms with Crippen molar-refractivity contribution in [1.82, 2.24) is 0 Å². The van der Waals surface area contributed by atoms with Gasteiger partial charge in [0.15, 0.2) is 5.78 Å². The van der Waals surface area contributed by atoms with E-state index >= 15 is 0 Å². The van der Waals surface area contributed by atoms with Gasteiger partial charge in [-0.05, 0) is 31.4 Å². The number of ketones is 1. The second kappa shape index (κ2) is 5.56.